The van der Waals surface area contributed by atoms with Crippen LogP contribution in [0.2, 0.25) is 5.02 Å². The number of carbonyl (C=O) groups is 1. The maximum absolute atomic E-state index is 15.4. The minimum atomic E-state index is -3.89. The van der Waals surface area contributed by atoms with Crippen LogP contribution in [0.25, 0.3) is 27.6 Å². The summed E-state index contributed by atoms with van der Waals surface area (Å²) >= 11 is 9.79. The molecule has 56 heavy (non-hydrogen) atoms. The lowest BCUT2D eigenvalue weighted by Crippen LogP contribution is -2.38. The monoisotopic (exact) mass is 883 g/mol. The average molecular weight is 885 g/mol. The van der Waals surface area contributed by atoms with Gasteiger partial charge in [0.05, 0.1) is 39.3 Å². The fourth-order valence-electron chi connectivity index (χ4n) is 7.44. The Balaban J connectivity index is 1.32. The van der Waals surface area contributed by atoms with E-state index in [2.05, 4.69) is 46.1 Å². The van der Waals surface area contributed by atoms with Crippen molar-refractivity contribution in [1.29, 1.82) is 0 Å². The van der Waals surface area contributed by atoms with Gasteiger partial charge >= 0.3 is 0 Å². The van der Waals surface area contributed by atoms with Crippen molar-refractivity contribution < 1.29 is 39.6 Å². The zero-order valence-corrected chi connectivity index (χ0v) is 31.8. The van der Waals surface area contributed by atoms with Crippen molar-refractivity contribution in [2.45, 2.75) is 43.7 Å². The van der Waals surface area contributed by atoms with Crippen molar-refractivity contribution in [3.05, 3.63) is 102 Å². The zero-order chi connectivity index (χ0) is 40.2. The van der Waals surface area contributed by atoms with Crippen LogP contribution >= 0.6 is 27.5 Å². The molecule has 0 unspecified atom stereocenters. The first kappa shape index (κ1) is 37.9. The van der Waals surface area contributed by atoms with Gasteiger partial charge in [0.2, 0.25) is 15.9 Å². The topological polar surface area (TPSA) is 159 Å². The number of anilines is 1. The third-order valence-electron chi connectivity index (χ3n) is 9.63. The first-order chi connectivity index (χ1) is 26.3. The molecule has 8 rings (SSSR count). The van der Waals surface area contributed by atoms with Gasteiger partial charge in [-0.15, -0.1) is 0 Å². The van der Waals surface area contributed by atoms with Crippen LogP contribution in [-0.4, -0.2) is 54.7 Å². The van der Waals surface area contributed by atoms with Gasteiger partial charge in [-0.2, -0.15) is 19.0 Å². The summed E-state index contributed by atoms with van der Waals surface area (Å²) in [4.78, 5) is 37.4. The summed E-state index contributed by atoms with van der Waals surface area (Å²) in [5, 5.41) is 10.6. The highest BCUT2D eigenvalue weighted by atomic mass is 79.9. The highest BCUT2D eigenvalue weighted by Gasteiger charge is 2.67. The summed E-state index contributed by atoms with van der Waals surface area (Å²) in [6.45, 7) is -0.979. The van der Waals surface area contributed by atoms with E-state index in [1.807, 2.05) is 0 Å². The van der Waals surface area contributed by atoms with E-state index in [4.69, 9.17) is 11.6 Å². The molecule has 13 nitrogen and oxygen atoms in total. The number of carbonyl (C=O) groups excluding carboxylic acids is 1. The SMILES string of the molecule is Cn1nc(NS(C)(=O)=O)c2c(Cl)ccc(-n3c([C@H](Cc4cc(F)cc(F)c4)NC(=O)Cn4nc(C(F)F)c5c4C(F)(F)[C@@H]4C[C@H]54)nc4nc(Br)ccc4c3=O)c21. The molecule has 2 aliphatic carbocycles. The summed E-state index contributed by atoms with van der Waals surface area (Å²) in [6.07, 6.45) is -2.77. The number of aryl methyl sites for hydroxylation is 1. The number of pyridine rings is 1. The molecule has 0 aliphatic heterocycles. The lowest BCUT2D eigenvalue weighted by atomic mass is 10.0. The minimum Gasteiger partial charge on any atom is -0.344 e. The molecule has 292 valence electrons. The minimum absolute atomic E-state index is 0.000365. The van der Waals surface area contributed by atoms with Gasteiger partial charge in [0, 0.05) is 31.0 Å². The third kappa shape index (κ3) is 6.47. The van der Waals surface area contributed by atoms with Gasteiger partial charge in [0.15, 0.2) is 11.5 Å². The van der Waals surface area contributed by atoms with Gasteiger partial charge < -0.3 is 5.32 Å². The molecular weight excluding hydrogens is 860 g/mol. The van der Waals surface area contributed by atoms with E-state index in [0.717, 1.165) is 23.0 Å². The van der Waals surface area contributed by atoms with Crippen molar-refractivity contribution in [1.82, 2.24) is 39.4 Å². The van der Waals surface area contributed by atoms with Gasteiger partial charge in [-0.25, -0.2) is 35.9 Å². The van der Waals surface area contributed by atoms with Crippen LogP contribution in [-0.2, 0) is 40.8 Å². The lowest BCUT2D eigenvalue weighted by Gasteiger charge is -2.24. The van der Waals surface area contributed by atoms with Crippen LogP contribution in [0, 0.1) is 17.6 Å². The Kier molecular flexibility index (Phi) is 8.99. The molecule has 1 amide bonds. The molecule has 0 saturated heterocycles. The summed E-state index contributed by atoms with van der Waals surface area (Å²) < 4.78 is 118. The molecule has 0 radical (unpaired) electrons. The summed E-state index contributed by atoms with van der Waals surface area (Å²) in [6, 6.07) is 6.66. The highest BCUT2D eigenvalue weighted by Crippen LogP contribution is 2.68. The first-order valence-corrected chi connectivity index (χ1v) is 19.6. The molecule has 6 aromatic rings. The van der Waals surface area contributed by atoms with Crippen LogP contribution in [0.3, 0.4) is 0 Å². The van der Waals surface area contributed by atoms with E-state index in [1.165, 1.54) is 36.0 Å². The van der Waals surface area contributed by atoms with Crippen LogP contribution < -0.4 is 15.6 Å². The fourth-order valence-corrected chi connectivity index (χ4v) is 8.47. The molecule has 1 fully saturated rings. The summed E-state index contributed by atoms with van der Waals surface area (Å²) in [5.41, 5.74) is -2.77. The Labute approximate surface area is 324 Å². The van der Waals surface area contributed by atoms with Crippen molar-refractivity contribution in [2.24, 2.45) is 13.0 Å². The lowest BCUT2D eigenvalue weighted by molar-refractivity contribution is -0.123. The molecule has 0 spiro atoms. The number of amides is 1. The number of nitrogens with zero attached hydrogens (tertiary/aromatic N) is 7. The first-order valence-electron chi connectivity index (χ1n) is 16.6. The molecule has 0 bridgehead atoms. The van der Waals surface area contributed by atoms with Gasteiger partial charge in [0.25, 0.3) is 17.9 Å². The van der Waals surface area contributed by atoms with Crippen LogP contribution in [0.5, 0.6) is 0 Å². The second-order valence-electron chi connectivity index (χ2n) is 13.5. The normalized spacial score (nSPS) is 17.7. The molecule has 2 aromatic carbocycles. The predicted molar refractivity (Wildman–Crippen MR) is 193 cm³/mol. The zero-order valence-electron chi connectivity index (χ0n) is 28.7. The molecule has 1 saturated carbocycles. The largest absolute Gasteiger partial charge is 0.344 e. The number of fused-ring (bicyclic) bond motifs is 5. The maximum atomic E-state index is 15.4. The molecule has 2 aliphatic rings. The number of alkyl halides is 4. The van der Waals surface area contributed by atoms with Crippen molar-refractivity contribution in [2.75, 3.05) is 11.0 Å². The highest BCUT2D eigenvalue weighted by molar-refractivity contribution is 9.10. The number of hydrogen-bond donors (Lipinski definition) is 2. The molecule has 4 heterocycles. The van der Waals surface area contributed by atoms with Gasteiger partial charge in [-0.3, -0.25) is 28.2 Å². The van der Waals surface area contributed by atoms with E-state index in [-0.39, 0.29) is 66.4 Å². The third-order valence-corrected chi connectivity index (χ3v) is 11.0. The Morgan fingerprint density at radius 2 is 1.80 bits per heavy atom. The van der Waals surface area contributed by atoms with E-state index in [1.54, 1.807) is 0 Å². The van der Waals surface area contributed by atoms with Crippen molar-refractivity contribution in [3.63, 3.8) is 0 Å². The summed E-state index contributed by atoms with van der Waals surface area (Å²) in [5.74, 6) is -9.05. The second kappa shape index (κ2) is 13.3. The maximum Gasteiger partial charge on any atom is 0.293 e. The fraction of sp³-hybridized carbons (Fsp3) is 0.294. The van der Waals surface area contributed by atoms with Crippen molar-refractivity contribution >= 4 is 71.2 Å². The second-order valence-corrected chi connectivity index (χ2v) is 16.5. The van der Waals surface area contributed by atoms with Gasteiger partial charge in [0.1, 0.15) is 40.0 Å². The van der Waals surface area contributed by atoms with E-state index >= 15 is 8.78 Å². The van der Waals surface area contributed by atoms with Crippen LogP contribution in [0.1, 0.15) is 53.1 Å². The Morgan fingerprint density at radius 3 is 2.48 bits per heavy atom. The standard InChI is InChI=1S/C34H25BrClF6N9O4S/c1-49-27-21(5-4-19(36)25(27)31(47-49)48-56(2,54)55)51-32(45-30-16(33(51)53)3-6-22(35)44-30)20(9-13-7-14(37)10-15(38)8-13)43-23(52)12-50-28-24(26(46-50)29(39)40)17-11-18(17)34(28,41)42/h3-8,10,17-18,20,29H,9,11-12H2,1-2H3,(H,43,52)(H,47,48)/t17-,18+,20-/m0/s1. The van der Waals surface area contributed by atoms with Gasteiger partial charge in [-0.1, -0.05) is 11.6 Å². The van der Waals surface area contributed by atoms with Gasteiger partial charge in [-0.05, 0) is 70.2 Å². The van der Waals surface area contributed by atoms with Crippen LogP contribution in [0.15, 0.2) is 51.9 Å². The van der Waals surface area contributed by atoms with E-state index in [9.17, 15) is 35.6 Å². The van der Waals surface area contributed by atoms with E-state index < -0.39 is 87.7 Å². The Hall–Kier alpha value is -5.02. The molecule has 2 N–H and O–H groups in total. The number of hydrogen-bond acceptors (Lipinski definition) is 8. The summed E-state index contributed by atoms with van der Waals surface area (Å²) in [7, 11) is -2.45. The molecule has 22 heteroatoms. The number of nitrogens with one attached hydrogen (secondary N) is 2. The Morgan fingerprint density at radius 1 is 1.09 bits per heavy atom. The van der Waals surface area contributed by atoms with Crippen LogP contribution in [0.4, 0.5) is 32.2 Å². The number of benzene rings is 2. The smallest absolute Gasteiger partial charge is 0.293 e. The quantitative estimate of drug-likeness (QED) is 0.122. The molecule has 4 aromatic heterocycles. The number of sulfonamides is 1. The average Bonchev–Trinajstić information content (AvgIpc) is 3.63. The number of aromatic nitrogens is 7. The molecule has 3 atom stereocenters. The van der Waals surface area contributed by atoms with Crippen molar-refractivity contribution in [3.8, 4) is 5.69 Å². The molecular formula is C34H25BrClF6N9O4S. The number of rotatable bonds is 10. The predicted octanol–water partition coefficient (Wildman–Crippen LogP) is 6.18. The Bertz CT molecular complexity index is 2810. The van der Waals surface area contributed by atoms with E-state index in [0.29, 0.717) is 10.7 Å². The number of halogens is 8.